The highest BCUT2D eigenvalue weighted by molar-refractivity contribution is 6.34. The van der Waals surface area contributed by atoms with Gasteiger partial charge in [-0.3, -0.25) is 9.59 Å². The van der Waals surface area contributed by atoms with Gasteiger partial charge < -0.3 is 4.74 Å². The van der Waals surface area contributed by atoms with Gasteiger partial charge in [-0.2, -0.15) is 0 Å². The van der Waals surface area contributed by atoms with Crippen molar-refractivity contribution in [3.63, 3.8) is 0 Å². The second-order valence-electron chi connectivity index (χ2n) is 5.10. The highest BCUT2D eigenvalue weighted by Crippen LogP contribution is 2.36. The normalized spacial score (nSPS) is 15.5. The molecule has 112 valence electrons. The van der Waals surface area contributed by atoms with Gasteiger partial charge in [-0.25, -0.2) is 9.29 Å². The van der Waals surface area contributed by atoms with Gasteiger partial charge in [0.1, 0.15) is 11.6 Å². The molecule has 6 heteroatoms. The number of anilines is 1. The molecule has 0 aromatic heterocycles. The van der Waals surface area contributed by atoms with Crippen LogP contribution in [0.3, 0.4) is 0 Å². The molecule has 0 N–H and O–H groups in total. The smallest absolute Gasteiger partial charge is 0.261 e. The van der Waals surface area contributed by atoms with E-state index in [4.69, 9.17) is 16.3 Å². The third kappa shape index (κ3) is 2.65. The van der Waals surface area contributed by atoms with E-state index in [1.807, 2.05) is 0 Å². The van der Waals surface area contributed by atoms with Crippen molar-refractivity contribution in [3.05, 3.63) is 34.1 Å². The van der Waals surface area contributed by atoms with E-state index in [1.54, 1.807) is 13.8 Å². The SMILES string of the molecule is CC1=C(C)C(=O)N(c2cc(OC(C)C)c(Cl)cc2F)C1=O. The van der Waals surface area contributed by atoms with Gasteiger partial charge in [0.05, 0.1) is 16.8 Å². The van der Waals surface area contributed by atoms with Crippen LogP contribution >= 0.6 is 11.6 Å². The zero-order valence-corrected chi connectivity index (χ0v) is 12.9. The number of imide groups is 1. The molecule has 21 heavy (non-hydrogen) atoms. The number of carbonyl (C=O) groups is 2. The maximum atomic E-state index is 14.1. The largest absolute Gasteiger partial charge is 0.489 e. The molecule has 1 heterocycles. The lowest BCUT2D eigenvalue weighted by atomic mass is 10.2. The van der Waals surface area contributed by atoms with Gasteiger partial charge in [0.2, 0.25) is 0 Å². The minimum absolute atomic E-state index is 0.0884. The van der Waals surface area contributed by atoms with Crippen LogP contribution in [0.4, 0.5) is 10.1 Å². The molecule has 2 rings (SSSR count). The summed E-state index contributed by atoms with van der Waals surface area (Å²) >= 11 is 5.92. The van der Waals surface area contributed by atoms with Crippen molar-refractivity contribution in [1.82, 2.24) is 0 Å². The molecule has 0 unspecified atom stereocenters. The molecule has 1 aliphatic rings. The molecule has 0 bridgehead atoms. The number of ether oxygens (including phenoxy) is 1. The maximum absolute atomic E-state index is 14.1. The van der Waals surface area contributed by atoms with Gasteiger partial charge in [-0.05, 0) is 33.8 Å². The van der Waals surface area contributed by atoms with Crippen molar-refractivity contribution >= 4 is 29.1 Å². The number of halogens is 2. The molecule has 1 aliphatic heterocycles. The summed E-state index contributed by atoms with van der Waals surface area (Å²) in [4.78, 5) is 25.0. The first-order chi connectivity index (χ1) is 9.73. The third-order valence-electron chi connectivity index (χ3n) is 3.22. The summed E-state index contributed by atoms with van der Waals surface area (Å²) in [5, 5.41) is 0.0884. The quantitative estimate of drug-likeness (QED) is 0.803. The van der Waals surface area contributed by atoms with Crippen LogP contribution in [-0.2, 0) is 9.59 Å². The van der Waals surface area contributed by atoms with E-state index in [0.717, 1.165) is 11.0 Å². The Morgan fingerprint density at radius 3 is 2.14 bits per heavy atom. The lowest BCUT2D eigenvalue weighted by Gasteiger charge is -2.19. The number of amides is 2. The number of hydrogen-bond donors (Lipinski definition) is 0. The molecule has 0 fully saturated rings. The second kappa shape index (κ2) is 5.48. The number of benzene rings is 1. The second-order valence-corrected chi connectivity index (χ2v) is 5.50. The fraction of sp³-hybridized carbons (Fsp3) is 0.333. The molecule has 0 aliphatic carbocycles. The fourth-order valence-electron chi connectivity index (χ4n) is 2.00. The van der Waals surface area contributed by atoms with Crippen molar-refractivity contribution in [2.75, 3.05) is 4.90 Å². The molecule has 0 radical (unpaired) electrons. The Morgan fingerprint density at radius 1 is 1.14 bits per heavy atom. The Bertz CT molecular complexity index is 643. The van der Waals surface area contributed by atoms with Crippen molar-refractivity contribution < 1.29 is 18.7 Å². The van der Waals surface area contributed by atoms with E-state index in [0.29, 0.717) is 11.1 Å². The minimum Gasteiger partial charge on any atom is -0.489 e. The lowest BCUT2D eigenvalue weighted by Crippen LogP contribution is -2.32. The summed E-state index contributed by atoms with van der Waals surface area (Å²) in [6.45, 7) is 6.66. The number of hydrogen-bond acceptors (Lipinski definition) is 3. The van der Waals surface area contributed by atoms with Crippen LogP contribution in [0.25, 0.3) is 0 Å². The highest BCUT2D eigenvalue weighted by atomic mass is 35.5. The summed E-state index contributed by atoms with van der Waals surface area (Å²) in [6, 6.07) is 2.32. The van der Waals surface area contributed by atoms with Crippen LogP contribution in [-0.4, -0.2) is 17.9 Å². The zero-order valence-electron chi connectivity index (χ0n) is 12.2. The Balaban J connectivity index is 2.50. The van der Waals surface area contributed by atoms with Crippen LogP contribution in [0.5, 0.6) is 5.75 Å². The van der Waals surface area contributed by atoms with E-state index >= 15 is 0 Å². The number of rotatable bonds is 3. The maximum Gasteiger partial charge on any atom is 0.261 e. The van der Waals surface area contributed by atoms with Crippen LogP contribution in [0.15, 0.2) is 23.3 Å². The highest BCUT2D eigenvalue weighted by Gasteiger charge is 2.36. The third-order valence-corrected chi connectivity index (χ3v) is 3.51. The first-order valence-corrected chi connectivity index (χ1v) is 6.83. The van der Waals surface area contributed by atoms with Crippen LogP contribution < -0.4 is 9.64 Å². The van der Waals surface area contributed by atoms with Crippen molar-refractivity contribution in [2.24, 2.45) is 0 Å². The molecular formula is C15H15ClFNO3. The molecule has 2 amide bonds. The van der Waals surface area contributed by atoms with Gasteiger partial charge in [0, 0.05) is 17.2 Å². The van der Waals surface area contributed by atoms with E-state index in [-0.39, 0.29) is 22.6 Å². The molecule has 4 nitrogen and oxygen atoms in total. The van der Waals surface area contributed by atoms with E-state index in [2.05, 4.69) is 0 Å². The first kappa shape index (κ1) is 15.5. The summed E-state index contributed by atoms with van der Waals surface area (Å²) in [7, 11) is 0. The average molecular weight is 312 g/mol. The molecule has 1 aromatic carbocycles. The van der Waals surface area contributed by atoms with Gasteiger partial charge in [0.25, 0.3) is 11.8 Å². The summed E-state index contributed by atoms with van der Waals surface area (Å²) in [6.07, 6.45) is -0.174. The van der Waals surface area contributed by atoms with Crippen LogP contribution in [0, 0.1) is 5.82 Å². The Labute approximate surface area is 127 Å². The van der Waals surface area contributed by atoms with Crippen molar-refractivity contribution in [3.8, 4) is 5.75 Å². The summed E-state index contributed by atoms with van der Waals surface area (Å²) in [5.41, 5.74) is 0.461. The number of nitrogens with zero attached hydrogens (tertiary/aromatic N) is 1. The molecule has 0 atom stereocenters. The molecule has 0 saturated carbocycles. The number of carbonyl (C=O) groups excluding carboxylic acids is 2. The predicted octanol–water partition coefficient (Wildman–Crippen LogP) is 3.48. The Morgan fingerprint density at radius 2 is 1.67 bits per heavy atom. The topological polar surface area (TPSA) is 46.6 Å². The molecular weight excluding hydrogens is 297 g/mol. The lowest BCUT2D eigenvalue weighted by molar-refractivity contribution is -0.120. The van der Waals surface area contributed by atoms with Crippen LogP contribution in [0.1, 0.15) is 27.7 Å². The van der Waals surface area contributed by atoms with Crippen LogP contribution in [0.2, 0.25) is 5.02 Å². The van der Waals surface area contributed by atoms with E-state index < -0.39 is 17.6 Å². The van der Waals surface area contributed by atoms with Crippen molar-refractivity contribution in [2.45, 2.75) is 33.8 Å². The Kier molecular flexibility index (Phi) is 4.05. The van der Waals surface area contributed by atoms with Gasteiger partial charge in [-0.15, -0.1) is 0 Å². The fourth-order valence-corrected chi connectivity index (χ4v) is 2.20. The molecule has 0 saturated heterocycles. The predicted molar refractivity (Wildman–Crippen MR) is 78.0 cm³/mol. The van der Waals surface area contributed by atoms with E-state index in [1.165, 1.54) is 19.9 Å². The van der Waals surface area contributed by atoms with Gasteiger partial charge >= 0.3 is 0 Å². The molecule has 1 aromatic rings. The zero-order chi connectivity index (χ0) is 15.9. The van der Waals surface area contributed by atoms with E-state index in [9.17, 15) is 14.0 Å². The van der Waals surface area contributed by atoms with Crippen molar-refractivity contribution in [1.29, 1.82) is 0 Å². The summed E-state index contributed by atoms with van der Waals surface area (Å²) in [5.74, 6) is -1.59. The molecule has 0 spiro atoms. The summed E-state index contributed by atoms with van der Waals surface area (Å²) < 4.78 is 19.6. The minimum atomic E-state index is -0.750. The Hall–Kier alpha value is -1.88. The monoisotopic (exact) mass is 311 g/mol. The van der Waals surface area contributed by atoms with Gasteiger partial charge in [-0.1, -0.05) is 11.6 Å². The van der Waals surface area contributed by atoms with Gasteiger partial charge in [0.15, 0.2) is 0 Å². The average Bonchev–Trinajstić information content (AvgIpc) is 2.58. The standard InChI is InChI=1S/C15H15ClFNO3/c1-7(2)21-13-6-12(11(17)5-10(13)16)18-14(19)8(3)9(4)15(18)20/h5-7H,1-4H3. The first-order valence-electron chi connectivity index (χ1n) is 6.46.